The number of amides is 4. The monoisotopic (exact) mass is 929 g/mol. The smallest absolute Gasteiger partial charge is 0.417 e. The molecule has 338 valence electrons. The normalized spacial score (nSPS) is 26.0. The van der Waals surface area contributed by atoms with Gasteiger partial charge in [-0.05, 0) is 78.6 Å². The number of phenols is 1. The SMILES string of the molecule is COc1cc(C=C[C@H]2C3=CC[C@@H]4C(=O)N(C5CCN(Cc6ccccc6)CC5)C(=O)[C@@H]4[C@@H]3C[C@H]3C(=O)N(Nc4ncc(C(F)(F)F)cc4Cl)C(=O)[C@@]23c2ccc(Cl)cc2)cc(OC)c1O. The van der Waals surface area contributed by atoms with Gasteiger partial charge >= 0.3 is 6.18 Å². The zero-order valence-corrected chi connectivity index (χ0v) is 36.7. The van der Waals surface area contributed by atoms with Crippen LogP contribution in [-0.2, 0) is 37.3 Å². The Hall–Kier alpha value is -5.90. The van der Waals surface area contributed by atoms with E-state index >= 15 is 9.59 Å². The maximum Gasteiger partial charge on any atom is 0.417 e. The minimum atomic E-state index is -4.76. The third kappa shape index (κ3) is 7.60. The van der Waals surface area contributed by atoms with Crippen LogP contribution in [0.15, 0.2) is 96.7 Å². The van der Waals surface area contributed by atoms with E-state index in [1.54, 1.807) is 48.6 Å². The molecular weight excluding hydrogens is 886 g/mol. The van der Waals surface area contributed by atoms with Gasteiger partial charge in [-0.2, -0.15) is 18.2 Å². The molecule has 6 atom stereocenters. The Morgan fingerprint density at radius 2 is 1.58 bits per heavy atom. The summed E-state index contributed by atoms with van der Waals surface area (Å²) in [6.45, 7) is 2.15. The number of ether oxygens (including phenoxy) is 2. The third-order valence-electron chi connectivity index (χ3n) is 13.8. The second kappa shape index (κ2) is 17.1. The number of carbonyl (C=O) groups excluding carboxylic acids is 4. The number of piperidine rings is 1. The van der Waals surface area contributed by atoms with Gasteiger partial charge in [0.25, 0.3) is 11.8 Å². The van der Waals surface area contributed by atoms with Gasteiger partial charge in [0, 0.05) is 42.8 Å². The second-order valence-electron chi connectivity index (χ2n) is 17.1. The number of pyridine rings is 1. The number of anilines is 1. The van der Waals surface area contributed by atoms with E-state index in [1.165, 1.54) is 24.7 Å². The van der Waals surface area contributed by atoms with Crippen LogP contribution in [0.3, 0.4) is 0 Å². The van der Waals surface area contributed by atoms with Crippen molar-refractivity contribution in [3.63, 3.8) is 0 Å². The number of allylic oxidation sites excluding steroid dienone is 3. The average Bonchev–Trinajstić information content (AvgIpc) is 3.67. The van der Waals surface area contributed by atoms with Gasteiger partial charge in [0.15, 0.2) is 17.3 Å². The first-order valence-electron chi connectivity index (χ1n) is 21.3. The molecule has 1 saturated carbocycles. The van der Waals surface area contributed by atoms with Crippen molar-refractivity contribution in [2.24, 2.45) is 29.6 Å². The van der Waals surface area contributed by atoms with E-state index < -0.39 is 63.6 Å². The van der Waals surface area contributed by atoms with E-state index in [0.29, 0.717) is 59.9 Å². The number of nitrogens with one attached hydrogen (secondary N) is 1. The number of fused-ring (bicyclic) bond motifs is 4. The molecule has 3 aliphatic heterocycles. The fourth-order valence-corrected chi connectivity index (χ4v) is 11.1. The highest BCUT2D eigenvalue weighted by atomic mass is 35.5. The number of imide groups is 2. The summed E-state index contributed by atoms with van der Waals surface area (Å²) in [4.78, 5) is 67.5. The molecule has 4 heterocycles. The first-order valence-corrected chi connectivity index (χ1v) is 22.0. The number of rotatable bonds is 10. The highest BCUT2D eigenvalue weighted by Gasteiger charge is 2.70. The molecule has 2 N–H and O–H groups in total. The molecule has 12 nitrogen and oxygen atoms in total. The van der Waals surface area contributed by atoms with E-state index in [-0.39, 0.29) is 53.8 Å². The van der Waals surface area contributed by atoms with Crippen LogP contribution < -0.4 is 14.9 Å². The van der Waals surface area contributed by atoms with Gasteiger partial charge in [-0.3, -0.25) is 34.4 Å². The summed E-state index contributed by atoms with van der Waals surface area (Å²) in [5, 5.41) is 11.3. The third-order valence-corrected chi connectivity index (χ3v) is 14.3. The predicted molar refractivity (Wildman–Crippen MR) is 234 cm³/mol. The summed E-state index contributed by atoms with van der Waals surface area (Å²) in [7, 11) is 2.77. The molecule has 5 aliphatic rings. The van der Waals surface area contributed by atoms with Crippen LogP contribution in [0, 0.1) is 29.6 Å². The second-order valence-corrected chi connectivity index (χ2v) is 18.0. The number of carbonyl (C=O) groups is 4. The number of benzene rings is 3. The number of aromatic hydroxyl groups is 1. The number of hydrogen-bond donors (Lipinski definition) is 2. The fourth-order valence-electron chi connectivity index (χ4n) is 10.8. The van der Waals surface area contributed by atoms with Crippen LogP contribution in [0.2, 0.25) is 10.0 Å². The molecule has 2 aliphatic carbocycles. The van der Waals surface area contributed by atoms with Crippen molar-refractivity contribution in [2.45, 2.75) is 49.9 Å². The van der Waals surface area contributed by atoms with Crippen molar-refractivity contribution < 1.29 is 46.9 Å². The largest absolute Gasteiger partial charge is 0.502 e. The molecule has 3 aromatic carbocycles. The van der Waals surface area contributed by atoms with Crippen LogP contribution >= 0.6 is 23.2 Å². The Balaban J connectivity index is 1.12. The molecule has 9 rings (SSSR count). The molecule has 0 unspecified atom stereocenters. The fraction of sp³-hybridized carbons (Fsp3) is 0.354. The molecule has 17 heteroatoms. The highest BCUT2D eigenvalue weighted by molar-refractivity contribution is 6.33. The van der Waals surface area contributed by atoms with E-state index in [2.05, 4.69) is 27.4 Å². The van der Waals surface area contributed by atoms with E-state index in [9.17, 15) is 27.9 Å². The number of phenolic OH excluding ortho intramolecular Hbond substituents is 1. The molecule has 1 aromatic heterocycles. The molecule has 0 bridgehead atoms. The van der Waals surface area contributed by atoms with E-state index in [1.807, 2.05) is 24.3 Å². The van der Waals surface area contributed by atoms with Crippen molar-refractivity contribution in [3.8, 4) is 17.2 Å². The summed E-state index contributed by atoms with van der Waals surface area (Å²) in [6.07, 6.45) is 2.60. The lowest BCUT2D eigenvalue weighted by atomic mass is 9.50. The van der Waals surface area contributed by atoms with Gasteiger partial charge in [0.05, 0.1) is 48.0 Å². The zero-order chi connectivity index (χ0) is 45.9. The molecule has 0 radical (unpaired) electrons. The van der Waals surface area contributed by atoms with Crippen LogP contribution in [0.1, 0.15) is 47.9 Å². The molecule has 65 heavy (non-hydrogen) atoms. The van der Waals surface area contributed by atoms with E-state index in [4.69, 9.17) is 32.7 Å². The van der Waals surface area contributed by atoms with Gasteiger partial charge in [0.2, 0.25) is 17.6 Å². The Morgan fingerprint density at radius 3 is 2.22 bits per heavy atom. The molecule has 4 amide bonds. The van der Waals surface area contributed by atoms with Crippen molar-refractivity contribution >= 4 is 58.7 Å². The lowest BCUT2D eigenvalue weighted by molar-refractivity contribution is -0.144. The van der Waals surface area contributed by atoms with Gasteiger partial charge in [-0.25, -0.2) is 4.98 Å². The maximum atomic E-state index is 15.5. The predicted octanol–water partition coefficient (Wildman–Crippen LogP) is 8.33. The zero-order valence-electron chi connectivity index (χ0n) is 35.2. The minimum absolute atomic E-state index is 0.0138. The number of likely N-dealkylation sites (tertiary alicyclic amines) is 2. The van der Waals surface area contributed by atoms with Crippen LogP contribution in [-0.4, -0.2) is 81.9 Å². The Bertz CT molecular complexity index is 2600. The van der Waals surface area contributed by atoms with Gasteiger partial charge in [-0.15, -0.1) is 0 Å². The lowest BCUT2D eigenvalue weighted by Crippen LogP contribution is -2.54. The number of nitrogens with zero attached hydrogens (tertiary/aromatic N) is 4. The summed E-state index contributed by atoms with van der Waals surface area (Å²) < 4.78 is 51.7. The van der Waals surface area contributed by atoms with Crippen LogP contribution in [0.5, 0.6) is 17.2 Å². The maximum absolute atomic E-state index is 15.5. The summed E-state index contributed by atoms with van der Waals surface area (Å²) >= 11 is 12.7. The number of alkyl halides is 3. The Labute approximate surface area is 382 Å². The minimum Gasteiger partial charge on any atom is -0.502 e. The van der Waals surface area contributed by atoms with Gasteiger partial charge < -0.3 is 14.6 Å². The summed E-state index contributed by atoms with van der Waals surface area (Å²) in [5.41, 5.74) is 2.58. The Kier molecular flexibility index (Phi) is 11.7. The number of methoxy groups -OCH3 is 2. The standard InChI is InChI=1S/C48H44Cl2F3N5O7/c1-64-38-20-27(21-39(65-2)41(38)59)8-15-35-32-13-14-33-40(45(62)57(43(33)60)31-16-18-56(19-17-31)25-26-6-4-3-5-7-26)34(32)23-36-44(61)58(46(63)47(35,36)28-9-11-30(49)12-10-28)55-42-37(50)22-29(24-54-42)48(51,52)53/h3-13,15,20-22,24,31,33-36,40,59H,14,16-19,23,25H2,1-2H3,(H,54,55)/t33-,34+,35-,36-,40-,47-/m0/s1. The molecule has 4 aromatic rings. The van der Waals surface area contributed by atoms with Crippen LogP contribution in [0.4, 0.5) is 19.0 Å². The van der Waals surface area contributed by atoms with Gasteiger partial charge in [-0.1, -0.05) is 89.5 Å². The molecule has 0 spiro atoms. The first-order chi connectivity index (χ1) is 31.1. The highest BCUT2D eigenvalue weighted by Crippen LogP contribution is 2.62. The van der Waals surface area contributed by atoms with Crippen molar-refractivity contribution in [1.82, 2.24) is 19.8 Å². The number of halogens is 5. The summed E-state index contributed by atoms with van der Waals surface area (Å²) in [6, 6.07) is 20.1. The van der Waals surface area contributed by atoms with Crippen molar-refractivity contribution in [3.05, 3.63) is 129 Å². The van der Waals surface area contributed by atoms with Crippen molar-refractivity contribution in [1.29, 1.82) is 0 Å². The topological polar surface area (TPSA) is 142 Å². The molecule has 3 saturated heterocycles. The first kappa shape index (κ1) is 44.3. The van der Waals surface area contributed by atoms with Crippen LogP contribution in [0.25, 0.3) is 6.08 Å². The Morgan fingerprint density at radius 1 is 0.908 bits per heavy atom. The molecular formula is C48H44Cl2F3N5O7. The number of hydrogen-bond acceptors (Lipinski definition) is 10. The van der Waals surface area contributed by atoms with Gasteiger partial charge in [0.1, 0.15) is 0 Å². The lowest BCUT2D eigenvalue weighted by Gasteiger charge is -2.49. The summed E-state index contributed by atoms with van der Waals surface area (Å²) in [5.74, 6) is -6.69. The van der Waals surface area contributed by atoms with Crippen molar-refractivity contribution in [2.75, 3.05) is 32.7 Å². The molecule has 4 fully saturated rings. The number of hydrazine groups is 1. The van der Waals surface area contributed by atoms with E-state index in [0.717, 1.165) is 11.6 Å². The average molecular weight is 931 g/mol. The quantitative estimate of drug-likeness (QED) is 0.118. The number of aromatic nitrogens is 1.